The molecule has 0 amide bonds. The van der Waals surface area contributed by atoms with Crippen LogP contribution in [-0.2, 0) is 0 Å². The molecule has 3 heteroatoms. The molecule has 96 valence electrons. The lowest BCUT2D eigenvalue weighted by molar-refractivity contribution is 0.248. The largest absolute Gasteiger partial charge is 0.328 e. The quantitative estimate of drug-likeness (QED) is 0.886. The molecule has 1 aromatic carbocycles. The van der Waals surface area contributed by atoms with E-state index in [-0.39, 0.29) is 6.04 Å². The van der Waals surface area contributed by atoms with Crippen molar-refractivity contribution < 1.29 is 0 Å². The SMILES string of the molecule is CC(N)C1CCN(C(C)c2ccc(C#N)cc2)C1. The highest BCUT2D eigenvalue weighted by Gasteiger charge is 2.28. The van der Waals surface area contributed by atoms with Gasteiger partial charge in [0.1, 0.15) is 0 Å². The van der Waals surface area contributed by atoms with Crippen molar-refractivity contribution in [1.29, 1.82) is 5.26 Å². The van der Waals surface area contributed by atoms with Crippen molar-refractivity contribution in [3.63, 3.8) is 0 Å². The van der Waals surface area contributed by atoms with E-state index >= 15 is 0 Å². The van der Waals surface area contributed by atoms with Crippen LogP contribution in [0.15, 0.2) is 24.3 Å². The summed E-state index contributed by atoms with van der Waals surface area (Å²) in [5.41, 5.74) is 7.97. The summed E-state index contributed by atoms with van der Waals surface area (Å²) in [6, 6.07) is 10.7. The van der Waals surface area contributed by atoms with Gasteiger partial charge in [-0.3, -0.25) is 4.90 Å². The monoisotopic (exact) mass is 243 g/mol. The van der Waals surface area contributed by atoms with E-state index in [1.807, 2.05) is 12.1 Å². The Balaban J connectivity index is 2.03. The number of hydrogen-bond donors (Lipinski definition) is 1. The maximum Gasteiger partial charge on any atom is 0.0991 e. The molecule has 1 fully saturated rings. The number of nitriles is 1. The molecule has 1 saturated heterocycles. The lowest BCUT2D eigenvalue weighted by Crippen LogP contribution is -2.30. The topological polar surface area (TPSA) is 53.0 Å². The van der Waals surface area contributed by atoms with Gasteiger partial charge in [0.05, 0.1) is 11.6 Å². The number of likely N-dealkylation sites (tertiary alicyclic amines) is 1. The third kappa shape index (κ3) is 2.72. The van der Waals surface area contributed by atoms with Crippen LogP contribution in [0.4, 0.5) is 0 Å². The third-order valence-corrected chi connectivity index (χ3v) is 4.07. The molecule has 0 aliphatic carbocycles. The van der Waals surface area contributed by atoms with Gasteiger partial charge in [0.2, 0.25) is 0 Å². The highest BCUT2D eigenvalue weighted by molar-refractivity contribution is 5.32. The van der Waals surface area contributed by atoms with Gasteiger partial charge in [-0.2, -0.15) is 5.26 Å². The first-order valence-electron chi connectivity index (χ1n) is 6.61. The average Bonchev–Trinajstić information content (AvgIpc) is 2.88. The zero-order chi connectivity index (χ0) is 13.1. The zero-order valence-corrected chi connectivity index (χ0v) is 11.1. The fourth-order valence-electron chi connectivity index (χ4n) is 2.64. The minimum atomic E-state index is 0.281. The van der Waals surface area contributed by atoms with Gasteiger partial charge in [-0.05, 0) is 50.4 Å². The highest BCUT2D eigenvalue weighted by atomic mass is 15.2. The van der Waals surface area contributed by atoms with Crippen molar-refractivity contribution in [3.8, 4) is 6.07 Å². The third-order valence-electron chi connectivity index (χ3n) is 4.07. The van der Waals surface area contributed by atoms with Gasteiger partial charge < -0.3 is 5.73 Å². The molecule has 3 nitrogen and oxygen atoms in total. The first-order valence-corrected chi connectivity index (χ1v) is 6.61. The molecule has 0 aromatic heterocycles. The van der Waals surface area contributed by atoms with E-state index in [0.717, 1.165) is 18.7 Å². The molecule has 2 rings (SSSR count). The lowest BCUT2D eigenvalue weighted by atomic mass is 10.0. The van der Waals surface area contributed by atoms with Crippen molar-refractivity contribution in [2.75, 3.05) is 13.1 Å². The van der Waals surface area contributed by atoms with Crippen LogP contribution >= 0.6 is 0 Å². The van der Waals surface area contributed by atoms with Crippen LogP contribution in [0.2, 0.25) is 0 Å². The number of benzene rings is 1. The summed E-state index contributed by atoms with van der Waals surface area (Å²) in [4.78, 5) is 2.48. The molecule has 3 unspecified atom stereocenters. The van der Waals surface area contributed by atoms with Crippen molar-refractivity contribution in [2.45, 2.75) is 32.4 Å². The van der Waals surface area contributed by atoms with Crippen LogP contribution in [-0.4, -0.2) is 24.0 Å². The van der Waals surface area contributed by atoms with E-state index in [4.69, 9.17) is 11.0 Å². The van der Waals surface area contributed by atoms with Crippen LogP contribution in [0.25, 0.3) is 0 Å². The Morgan fingerprint density at radius 2 is 2.00 bits per heavy atom. The molecule has 2 N–H and O–H groups in total. The average molecular weight is 243 g/mol. The standard InChI is InChI=1S/C15H21N3/c1-11(17)15-7-8-18(10-15)12(2)14-5-3-13(9-16)4-6-14/h3-6,11-12,15H,7-8,10,17H2,1-2H3. The van der Waals surface area contributed by atoms with Crippen molar-refractivity contribution >= 4 is 0 Å². The molecular formula is C15H21N3. The minimum Gasteiger partial charge on any atom is -0.328 e. The van der Waals surface area contributed by atoms with Crippen LogP contribution in [0.1, 0.15) is 37.4 Å². The Hall–Kier alpha value is -1.37. The molecule has 1 aliphatic heterocycles. The molecule has 0 saturated carbocycles. The van der Waals surface area contributed by atoms with Crippen LogP contribution in [0, 0.1) is 17.2 Å². The second-order valence-corrected chi connectivity index (χ2v) is 5.31. The van der Waals surface area contributed by atoms with Gasteiger partial charge >= 0.3 is 0 Å². The van der Waals surface area contributed by atoms with E-state index < -0.39 is 0 Å². The van der Waals surface area contributed by atoms with Crippen LogP contribution in [0.5, 0.6) is 0 Å². The number of nitrogens with two attached hydrogens (primary N) is 1. The Kier molecular flexibility index (Phi) is 4.00. The number of nitrogens with zero attached hydrogens (tertiary/aromatic N) is 2. The van der Waals surface area contributed by atoms with E-state index in [2.05, 4.69) is 36.9 Å². The van der Waals surface area contributed by atoms with Gasteiger partial charge in [-0.15, -0.1) is 0 Å². The minimum absolute atomic E-state index is 0.281. The van der Waals surface area contributed by atoms with Gasteiger partial charge in [-0.1, -0.05) is 12.1 Å². The van der Waals surface area contributed by atoms with Crippen LogP contribution in [0.3, 0.4) is 0 Å². The summed E-state index contributed by atoms with van der Waals surface area (Å²) < 4.78 is 0. The van der Waals surface area contributed by atoms with E-state index in [1.54, 1.807) is 0 Å². The smallest absolute Gasteiger partial charge is 0.0991 e. The summed E-state index contributed by atoms with van der Waals surface area (Å²) >= 11 is 0. The predicted molar refractivity (Wildman–Crippen MR) is 72.9 cm³/mol. The normalized spacial score (nSPS) is 23.6. The first kappa shape index (κ1) is 13.1. The first-order chi connectivity index (χ1) is 8.61. The molecule has 18 heavy (non-hydrogen) atoms. The summed E-state index contributed by atoms with van der Waals surface area (Å²) in [7, 11) is 0. The fourth-order valence-corrected chi connectivity index (χ4v) is 2.64. The van der Waals surface area contributed by atoms with E-state index in [1.165, 1.54) is 12.0 Å². The molecule has 1 aliphatic rings. The summed E-state index contributed by atoms with van der Waals surface area (Å²) in [5, 5.41) is 8.80. The molecule has 1 heterocycles. The number of hydrogen-bond acceptors (Lipinski definition) is 3. The maximum atomic E-state index is 8.80. The van der Waals surface area contributed by atoms with Gasteiger partial charge in [0.25, 0.3) is 0 Å². The molecule has 1 aromatic rings. The van der Waals surface area contributed by atoms with Crippen LogP contribution < -0.4 is 5.73 Å². The Labute approximate surface area is 109 Å². The van der Waals surface area contributed by atoms with E-state index in [9.17, 15) is 0 Å². The Morgan fingerprint density at radius 3 is 2.50 bits per heavy atom. The number of rotatable bonds is 3. The molecular weight excluding hydrogens is 222 g/mol. The summed E-state index contributed by atoms with van der Waals surface area (Å²) in [6.07, 6.45) is 1.19. The predicted octanol–water partition coefficient (Wildman–Crippen LogP) is 2.29. The van der Waals surface area contributed by atoms with Crippen molar-refractivity contribution in [2.24, 2.45) is 11.7 Å². The lowest BCUT2D eigenvalue weighted by Gasteiger charge is -2.25. The van der Waals surface area contributed by atoms with Gasteiger partial charge in [0, 0.05) is 18.6 Å². The summed E-state index contributed by atoms with van der Waals surface area (Å²) in [6.45, 7) is 6.53. The van der Waals surface area contributed by atoms with Crippen molar-refractivity contribution in [1.82, 2.24) is 4.90 Å². The molecule has 3 atom stereocenters. The van der Waals surface area contributed by atoms with Crippen molar-refractivity contribution in [3.05, 3.63) is 35.4 Å². The zero-order valence-electron chi connectivity index (χ0n) is 11.1. The summed E-state index contributed by atoms with van der Waals surface area (Å²) in [5.74, 6) is 0.617. The van der Waals surface area contributed by atoms with E-state index in [0.29, 0.717) is 12.0 Å². The van der Waals surface area contributed by atoms with Gasteiger partial charge in [-0.25, -0.2) is 0 Å². The fraction of sp³-hybridized carbons (Fsp3) is 0.533. The molecule has 0 bridgehead atoms. The Morgan fingerprint density at radius 1 is 1.33 bits per heavy atom. The maximum absolute atomic E-state index is 8.80. The highest BCUT2D eigenvalue weighted by Crippen LogP contribution is 2.28. The molecule has 0 spiro atoms. The second-order valence-electron chi connectivity index (χ2n) is 5.31. The molecule has 0 radical (unpaired) electrons. The Bertz CT molecular complexity index is 430. The second kappa shape index (κ2) is 5.51. The van der Waals surface area contributed by atoms with Gasteiger partial charge in [0.15, 0.2) is 0 Å².